The third-order valence-electron chi connectivity index (χ3n) is 4.63. The predicted molar refractivity (Wildman–Crippen MR) is 107 cm³/mol. The number of nitrogens with zero attached hydrogens (tertiary/aromatic N) is 5. The summed E-state index contributed by atoms with van der Waals surface area (Å²) in [5, 5.41) is 3.27. The van der Waals surface area contributed by atoms with Gasteiger partial charge in [-0.05, 0) is 45.0 Å². The van der Waals surface area contributed by atoms with Gasteiger partial charge in [-0.2, -0.15) is 4.98 Å². The number of nitrogens with one attached hydrogen (secondary N) is 1. The molecule has 1 amide bonds. The van der Waals surface area contributed by atoms with Crippen LogP contribution < -0.4 is 20.0 Å². The number of benzene rings is 1. The van der Waals surface area contributed by atoms with Crippen LogP contribution in [0.25, 0.3) is 0 Å². The first kappa shape index (κ1) is 18.0. The fraction of sp³-hybridized carbons (Fsp3) is 0.421. The van der Waals surface area contributed by atoms with E-state index in [-0.39, 0.29) is 18.0 Å². The summed E-state index contributed by atoms with van der Waals surface area (Å²) in [5.41, 5.74) is 2.83. The monoisotopic (exact) mass is 354 g/mol. The standard InChI is InChI=1S/C19H26N6O/c1-12(2)25-13(3)18(26)24(6)15-8-7-14(11-16(15)25)21-19-20-10-9-17(22-19)23(4)5/h7-13H,1-6H3,(H,20,21,22)/t13-/m1/s1. The number of fused-ring (bicyclic) bond motifs is 1. The SMILES string of the molecule is CC(C)N1c2cc(Nc3nccc(N(C)C)n3)ccc2N(C)C(=O)[C@H]1C. The van der Waals surface area contributed by atoms with E-state index < -0.39 is 0 Å². The lowest BCUT2D eigenvalue weighted by Crippen LogP contribution is -2.53. The molecular weight excluding hydrogens is 328 g/mol. The Balaban J connectivity index is 1.97. The Hall–Kier alpha value is -2.83. The minimum absolute atomic E-state index is 0.105. The lowest BCUT2D eigenvalue weighted by Gasteiger charge is -2.42. The maximum Gasteiger partial charge on any atom is 0.249 e. The Labute approximate surface area is 154 Å². The van der Waals surface area contributed by atoms with E-state index in [9.17, 15) is 4.79 Å². The van der Waals surface area contributed by atoms with Crippen LogP contribution in [0.4, 0.5) is 28.8 Å². The smallest absolute Gasteiger partial charge is 0.249 e. The Morgan fingerprint density at radius 1 is 1.19 bits per heavy atom. The fourth-order valence-corrected chi connectivity index (χ4v) is 3.33. The molecule has 1 atom stereocenters. The first-order chi connectivity index (χ1) is 12.3. The molecule has 0 spiro atoms. The van der Waals surface area contributed by atoms with E-state index in [2.05, 4.69) is 40.1 Å². The van der Waals surface area contributed by atoms with Crippen LogP contribution in [0.5, 0.6) is 0 Å². The molecule has 2 aromatic rings. The van der Waals surface area contributed by atoms with Crippen molar-refractivity contribution in [3.05, 3.63) is 30.5 Å². The lowest BCUT2D eigenvalue weighted by atomic mass is 10.0. The van der Waals surface area contributed by atoms with Crippen molar-refractivity contribution in [2.24, 2.45) is 0 Å². The average molecular weight is 354 g/mol. The van der Waals surface area contributed by atoms with Gasteiger partial charge >= 0.3 is 0 Å². The molecule has 3 rings (SSSR count). The Morgan fingerprint density at radius 3 is 2.58 bits per heavy atom. The molecule has 0 radical (unpaired) electrons. The molecule has 1 aliphatic heterocycles. The summed E-state index contributed by atoms with van der Waals surface area (Å²) in [4.78, 5) is 27.1. The maximum absolute atomic E-state index is 12.5. The van der Waals surface area contributed by atoms with Gasteiger partial charge in [0.1, 0.15) is 11.9 Å². The number of hydrogen-bond acceptors (Lipinski definition) is 6. The van der Waals surface area contributed by atoms with Gasteiger partial charge in [-0.25, -0.2) is 4.98 Å². The molecular formula is C19H26N6O. The molecule has 138 valence electrons. The molecule has 0 bridgehead atoms. The Bertz CT molecular complexity index is 819. The van der Waals surface area contributed by atoms with Gasteiger partial charge in [0, 0.05) is 39.1 Å². The summed E-state index contributed by atoms with van der Waals surface area (Å²) in [6.45, 7) is 6.15. The second kappa shape index (κ2) is 6.82. The van der Waals surface area contributed by atoms with Crippen molar-refractivity contribution in [3.63, 3.8) is 0 Å². The molecule has 1 N–H and O–H groups in total. The van der Waals surface area contributed by atoms with Crippen LogP contribution in [0, 0.1) is 0 Å². The van der Waals surface area contributed by atoms with Gasteiger partial charge in [0.25, 0.3) is 0 Å². The molecule has 7 heteroatoms. The molecule has 1 aliphatic rings. The highest BCUT2D eigenvalue weighted by molar-refractivity contribution is 6.05. The number of carbonyl (C=O) groups is 1. The average Bonchev–Trinajstić information content (AvgIpc) is 2.60. The van der Waals surface area contributed by atoms with Crippen molar-refractivity contribution in [3.8, 4) is 0 Å². The zero-order chi connectivity index (χ0) is 19.0. The summed E-state index contributed by atoms with van der Waals surface area (Å²) in [5.74, 6) is 1.48. The van der Waals surface area contributed by atoms with Crippen molar-refractivity contribution in [2.45, 2.75) is 32.9 Å². The number of hydrogen-bond donors (Lipinski definition) is 1. The molecule has 0 unspecified atom stereocenters. The van der Waals surface area contributed by atoms with Gasteiger partial charge in [-0.3, -0.25) is 4.79 Å². The molecule has 0 saturated heterocycles. The van der Waals surface area contributed by atoms with Crippen LogP contribution in [-0.4, -0.2) is 49.1 Å². The van der Waals surface area contributed by atoms with Crippen LogP contribution in [0.2, 0.25) is 0 Å². The number of carbonyl (C=O) groups excluding carboxylic acids is 1. The van der Waals surface area contributed by atoms with Crippen molar-refractivity contribution in [2.75, 3.05) is 41.2 Å². The van der Waals surface area contributed by atoms with E-state index in [0.29, 0.717) is 5.95 Å². The summed E-state index contributed by atoms with van der Waals surface area (Å²) in [6, 6.07) is 7.84. The topological polar surface area (TPSA) is 64.6 Å². The van der Waals surface area contributed by atoms with Gasteiger partial charge in [0.05, 0.1) is 11.4 Å². The van der Waals surface area contributed by atoms with E-state index in [1.54, 1.807) is 11.1 Å². The highest BCUT2D eigenvalue weighted by Crippen LogP contribution is 2.38. The van der Waals surface area contributed by atoms with Crippen molar-refractivity contribution < 1.29 is 4.79 Å². The summed E-state index contributed by atoms with van der Waals surface area (Å²) >= 11 is 0. The van der Waals surface area contributed by atoms with Crippen molar-refractivity contribution in [1.82, 2.24) is 9.97 Å². The van der Waals surface area contributed by atoms with E-state index >= 15 is 0 Å². The van der Waals surface area contributed by atoms with E-state index in [1.807, 2.05) is 51.2 Å². The van der Waals surface area contributed by atoms with E-state index in [4.69, 9.17) is 0 Å². The van der Waals surface area contributed by atoms with Gasteiger partial charge in [-0.15, -0.1) is 0 Å². The quantitative estimate of drug-likeness (QED) is 0.911. The molecule has 1 aromatic carbocycles. The number of rotatable bonds is 4. The normalized spacial score (nSPS) is 16.7. The fourth-order valence-electron chi connectivity index (χ4n) is 3.33. The van der Waals surface area contributed by atoms with Gasteiger partial charge in [0.2, 0.25) is 11.9 Å². The highest BCUT2D eigenvalue weighted by atomic mass is 16.2. The first-order valence-electron chi connectivity index (χ1n) is 8.77. The molecule has 1 aromatic heterocycles. The summed E-state index contributed by atoms with van der Waals surface area (Å²) in [6.07, 6.45) is 1.73. The zero-order valence-electron chi connectivity index (χ0n) is 16.2. The summed E-state index contributed by atoms with van der Waals surface area (Å²) in [7, 11) is 5.71. The summed E-state index contributed by atoms with van der Waals surface area (Å²) < 4.78 is 0. The molecule has 0 aliphatic carbocycles. The van der Waals surface area contributed by atoms with Crippen LogP contribution >= 0.6 is 0 Å². The number of anilines is 5. The molecule has 0 fully saturated rings. The highest BCUT2D eigenvalue weighted by Gasteiger charge is 2.34. The van der Waals surface area contributed by atoms with Crippen LogP contribution in [0.1, 0.15) is 20.8 Å². The zero-order valence-corrected chi connectivity index (χ0v) is 16.2. The molecule has 26 heavy (non-hydrogen) atoms. The van der Waals surface area contributed by atoms with Crippen molar-refractivity contribution in [1.29, 1.82) is 0 Å². The van der Waals surface area contributed by atoms with E-state index in [0.717, 1.165) is 22.9 Å². The third-order valence-corrected chi connectivity index (χ3v) is 4.63. The molecule has 0 saturated carbocycles. The largest absolute Gasteiger partial charge is 0.363 e. The first-order valence-corrected chi connectivity index (χ1v) is 8.77. The minimum atomic E-state index is -0.198. The van der Waals surface area contributed by atoms with Gasteiger partial charge in [0.15, 0.2) is 0 Å². The molecule has 7 nitrogen and oxygen atoms in total. The number of likely N-dealkylation sites (N-methyl/N-ethyl adjacent to an activating group) is 1. The third kappa shape index (κ3) is 3.16. The number of aromatic nitrogens is 2. The second-order valence-electron chi connectivity index (χ2n) is 7.04. The Kier molecular flexibility index (Phi) is 4.71. The van der Waals surface area contributed by atoms with E-state index in [1.165, 1.54) is 0 Å². The molecule has 2 heterocycles. The predicted octanol–water partition coefficient (Wildman–Crippen LogP) is 2.87. The van der Waals surface area contributed by atoms with Gasteiger partial charge in [-0.1, -0.05) is 0 Å². The van der Waals surface area contributed by atoms with Crippen molar-refractivity contribution >= 4 is 34.7 Å². The maximum atomic E-state index is 12.5. The lowest BCUT2D eigenvalue weighted by molar-refractivity contribution is -0.119. The van der Waals surface area contributed by atoms with Crippen LogP contribution in [0.3, 0.4) is 0 Å². The van der Waals surface area contributed by atoms with Crippen LogP contribution in [0.15, 0.2) is 30.5 Å². The van der Waals surface area contributed by atoms with Gasteiger partial charge < -0.3 is 20.0 Å². The Morgan fingerprint density at radius 2 is 1.92 bits per heavy atom. The second-order valence-corrected chi connectivity index (χ2v) is 7.04. The minimum Gasteiger partial charge on any atom is -0.363 e. The van der Waals surface area contributed by atoms with Crippen LogP contribution in [-0.2, 0) is 4.79 Å². The number of amides is 1.